The first-order valence-electron chi connectivity index (χ1n) is 9.47. The molecule has 0 N–H and O–H groups in total. The largest absolute Gasteiger partial charge is 0.494 e. The van der Waals surface area contributed by atoms with Gasteiger partial charge in [0.1, 0.15) is 5.75 Å². The highest BCUT2D eigenvalue weighted by Crippen LogP contribution is 2.27. The van der Waals surface area contributed by atoms with Crippen molar-refractivity contribution < 1.29 is 9.53 Å². The Morgan fingerprint density at radius 3 is 2.78 bits per heavy atom. The second-order valence-corrected chi connectivity index (χ2v) is 7.17. The normalized spacial score (nSPS) is 13.5. The Hall–Kier alpha value is -2.88. The van der Waals surface area contributed by atoms with Crippen LogP contribution in [0.3, 0.4) is 0 Å². The summed E-state index contributed by atoms with van der Waals surface area (Å²) in [6.07, 6.45) is 0.870. The van der Waals surface area contributed by atoms with E-state index in [0.29, 0.717) is 13.2 Å². The Morgan fingerprint density at radius 1 is 1.11 bits per heavy atom. The van der Waals surface area contributed by atoms with Crippen LogP contribution >= 0.6 is 0 Å². The number of fused-ring (bicyclic) bond motifs is 2. The summed E-state index contributed by atoms with van der Waals surface area (Å²) in [5.74, 6) is 0.940. The fourth-order valence-electron chi connectivity index (χ4n) is 3.78. The third kappa shape index (κ3) is 3.39. The summed E-state index contributed by atoms with van der Waals surface area (Å²) in [7, 11) is 0. The maximum atomic E-state index is 13.4. The number of carbonyl (C=O) groups excluding carboxylic acids is 1. The number of rotatable bonds is 3. The third-order valence-corrected chi connectivity index (χ3v) is 5.11. The number of ether oxygens (including phenoxy) is 1. The number of benzene rings is 2. The van der Waals surface area contributed by atoms with Gasteiger partial charge in [0.2, 0.25) is 0 Å². The van der Waals surface area contributed by atoms with Crippen molar-refractivity contribution in [2.45, 2.75) is 33.7 Å². The van der Waals surface area contributed by atoms with Gasteiger partial charge in [0, 0.05) is 24.2 Å². The first kappa shape index (κ1) is 17.5. The molecule has 2 heterocycles. The van der Waals surface area contributed by atoms with E-state index in [-0.39, 0.29) is 5.91 Å². The van der Waals surface area contributed by atoms with Gasteiger partial charge in [-0.15, -0.1) is 0 Å². The minimum absolute atomic E-state index is 0.0727. The molecule has 0 atom stereocenters. The lowest BCUT2D eigenvalue weighted by Crippen LogP contribution is -2.36. The number of aryl methyl sites for hydroxylation is 2. The predicted molar refractivity (Wildman–Crippen MR) is 107 cm³/mol. The quantitative estimate of drug-likeness (QED) is 0.693. The van der Waals surface area contributed by atoms with Gasteiger partial charge in [0.05, 0.1) is 17.7 Å². The summed E-state index contributed by atoms with van der Waals surface area (Å²) in [6, 6.07) is 14.2. The van der Waals surface area contributed by atoms with Gasteiger partial charge in [-0.2, -0.15) is 0 Å². The van der Waals surface area contributed by atoms with E-state index in [4.69, 9.17) is 4.74 Å². The summed E-state index contributed by atoms with van der Waals surface area (Å²) in [5.41, 5.74) is 6.09. The maximum absolute atomic E-state index is 13.4. The van der Waals surface area contributed by atoms with Gasteiger partial charge in [-0.3, -0.25) is 9.78 Å². The van der Waals surface area contributed by atoms with E-state index >= 15 is 0 Å². The number of carbonyl (C=O) groups is 1. The van der Waals surface area contributed by atoms with Crippen molar-refractivity contribution in [1.82, 2.24) is 9.88 Å². The van der Waals surface area contributed by atoms with Crippen molar-refractivity contribution in [2.24, 2.45) is 0 Å². The fraction of sp³-hybridized carbons (Fsp3) is 0.304. The molecule has 1 aliphatic rings. The lowest BCUT2D eigenvalue weighted by molar-refractivity contribution is 0.0736. The van der Waals surface area contributed by atoms with Gasteiger partial charge in [0.25, 0.3) is 5.91 Å². The molecule has 4 nitrogen and oxygen atoms in total. The number of hydrogen-bond acceptors (Lipinski definition) is 3. The first-order valence-corrected chi connectivity index (χ1v) is 9.47. The van der Waals surface area contributed by atoms with Crippen LogP contribution in [0.2, 0.25) is 0 Å². The predicted octanol–water partition coefficient (Wildman–Crippen LogP) is 4.45. The van der Waals surface area contributed by atoms with E-state index in [1.807, 2.05) is 49.9 Å². The lowest BCUT2D eigenvalue weighted by atomic mass is 9.98. The number of hydrogen-bond donors (Lipinski definition) is 0. The molecule has 0 saturated carbocycles. The highest BCUT2D eigenvalue weighted by Gasteiger charge is 2.24. The van der Waals surface area contributed by atoms with E-state index in [1.54, 1.807) is 0 Å². The zero-order chi connectivity index (χ0) is 19.0. The maximum Gasteiger partial charge on any atom is 0.254 e. The lowest BCUT2D eigenvalue weighted by Gasteiger charge is -2.29. The van der Waals surface area contributed by atoms with Crippen molar-refractivity contribution in [3.63, 3.8) is 0 Å². The molecule has 1 aromatic heterocycles. The molecule has 4 rings (SSSR count). The highest BCUT2D eigenvalue weighted by atomic mass is 16.5. The summed E-state index contributed by atoms with van der Waals surface area (Å²) < 4.78 is 5.63. The smallest absolute Gasteiger partial charge is 0.254 e. The van der Waals surface area contributed by atoms with Crippen LogP contribution in [0.15, 0.2) is 42.5 Å². The van der Waals surface area contributed by atoms with Gasteiger partial charge in [-0.25, -0.2) is 0 Å². The Bertz CT molecular complexity index is 1030. The average molecular weight is 360 g/mol. The molecule has 2 aromatic carbocycles. The molecule has 138 valence electrons. The zero-order valence-corrected chi connectivity index (χ0v) is 16.1. The van der Waals surface area contributed by atoms with Crippen LogP contribution in [0.25, 0.3) is 10.9 Å². The van der Waals surface area contributed by atoms with E-state index in [1.165, 1.54) is 11.1 Å². The van der Waals surface area contributed by atoms with Crippen LogP contribution < -0.4 is 4.74 Å². The topological polar surface area (TPSA) is 42.4 Å². The third-order valence-electron chi connectivity index (χ3n) is 5.11. The van der Waals surface area contributed by atoms with Gasteiger partial charge < -0.3 is 9.64 Å². The number of nitrogens with zero attached hydrogens (tertiary/aromatic N) is 2. The van der Waals surface area contributed by atoms with Gasteiger partial charge >= 0.3 is 0 Å². The second-order valence-electron chi connectivity index (χ2n) is 7.17. The minimum atomic E-state index is 0.0727. The van der Waals surface area contributed by atoms with Crippen LogP contribution in [0, 0.1) is 13.8 Å². The Labute approximate surface area is 159 Å². The molecule has 3 aromatic rings. The molecule has 1 aliphatic heterocycles. The highest BCUT2D eigenvalue weighted by molar-refractivity contribution is 6.06. The molecule has 0 radical (unpaired) electrons. The number of pyridine rings is 1. The van der Waals surface area contributed by atoms with Crippen molar-refractivity contribution in [3.05, 3.63) is 70.4 Å². The number of aromatic nitrogens is 1. The van der Waals surface area contributed by atoms with E-state index in [9.17, 15) is 4.79 Å². The molecule has 0 saturated heterocycles. The van der Waals surface area contributed by atoms with Crippen molar-refractivity contribution in [1.29, 1.82) is 0 Å². The first-order chi connectivity index (χ1) is 13.0. The molecular weight excluding hydrogens is 336 g/mol. The Morgan fingerprint density at radius 2 is 1.96 bits per heavy atom. The standard InChI is InChI=1S/C23H24N2O2/c1-4-27-19-7-6-17-9-10-25(14-18(17)13-19)23(26)21-12-16(3)24-22-8-5-15(2)11-20(21)22/h5-8,11-13H,4,9-10,14H2,1-3H3. The summed E-state index contributed by atoms with van der Waals surface area (Å²) in [5, 5.41) is 0.930. The van der Waals surface area contributed by atoms with Crippen LogP contribution in [0.4, 0.5) is 0 Å². The van der Waals surface area contributed by atoms with Crippen LogP contribution in [0.1, 0.15) is 39.7 Å². The van der Waals surface area contributed by atoms with Crippen LogP contribution in [-0.4, -0.2) is 28.9 Å². The van der Waals surface area contributed by atoms with Crippen molar-refractivity contribution in [2.75, 3.05) is 13.2 Å². The molecule has 0 unspecified atom stereocenters. The molecule has 4 heteroatoms. The molecule has 0 aliphatic carbocycles. The number of amides is 1. The fourth-order valence-corrected chi connectivity index (χ4v) is 3.78. The van der Waals surface area contributed by atoms with Gasteiger partial charge in [-0.05, 0) is 68.7 Å². The SMILES string of the molecule is CCOc1ccc2c(c1)CN(C(=O)c1cc(C)nc3ccc(C)cc13)CC2. The van der Waals surface area contributed by atoms with Gasteiger partial charge in [-0.1, -0.05) is 17.7 Å². The zero-order valence-electron chi connectivity index (χ0n) is 16.1. The van der Waals surface area contributed by atoms with E-state index in [0.717, 1.165) is 46.4 Å². The van der Waals surface area contributed by atoms with Crippen LogP contribution in [0.5, 0.6) is 5.75 Å². The summed E-state index contributed by atoms with van der Waals surface area (Å²) in [6.45, 7) is 7.95. The second kappa shape index (κ2) is 7.03. The summed E-state index contributed by atoms with van der Waals surface area (Å²) >= 11 is 0. The van der Waals surface area contributed by atoms with Crippen molar-refractivity contribution in [3.8, 4) is 5.75 Å². The van der Waals surface area contributed by atoms with Gasteiger partial charge in [0.15, 0.2) is 0 Å². The molecule has 0 spiro atoms. The molecule has 0 bridgehead atoms. The molecule has 1 amide bonds. The Balaban J connectivity index is 1.69. The monoisotopic (exact) mass is 360 g/mol. The Kier molecular flexibility index (Phi) is 4.56. The van der Waals surface area contributed by atoms with E-state index in [2.05, 4.69) is 23.2 Å². The van der Waals surface area contributed by atoms with E-state index < -0.39 is 0 Å². The molecule has 27 heavy (non-hydrogen) atoms. The molecule has 0 fully saturated rings. The molecular formula is C23H24N2O2. The summed E-state index contributed by atoms with van der Waals surface area (Å²) in [4.78, 5) is 19.9. The minimum Gasteiger partial charge on any atom is -0.494 e. The average Bonchev–Trinajstić information content (AvgIpc) is 2.67. The van der Waals surface area contributed by atoms with Crippen LogP contribution in [-0.2, 0) is 13.0 Å². The van der Waals surface area contributed by atoms with Crippen molar-refractivity contribution >= 4 is 16.8 Å².